The maximum absolute atomic E-state index is 3.98. The van der Waals surface area contributed by atoms with Crippen molar-refractivity contribution in [2.45, 2.75) is 51.6 Å². The van der Waals surface area contributed by atoms with Gasteiger partial charge in [-0.15, -0.1) is 0 Å². The van der Waals surface area contributed by atoms with Gasteiger partial charge in [0.15, 0.2) is 0 Å². The largest absolute Gasteiger partial charge is 0.306 e. The quantitative estimate of drug-likeness (QED) is 0.800. The van der Waals surface area contributed by atoms with Gasteiger partial charge in [0, 0.05) is 18.3 Å². The molecule has 2 rings (SSSR count). The molecule has 3 nitrogen and oxygen atoms in total. The SMILES string of the molecule is CC1CCC(NC(C)c2ccn[nH]2)CC1. The molecule has 0 aliphatic heterocycles. The Bertz CT molecular complexity index is 273. The van der Waals surface area contributed by atoms with Crippen molar-refractivity contribution in [3.05, 3.63) is 18.0 Å². The van der Waals surface area contributed by atoms with Crippen LogP contribution in [0.4, 0.5) is 0 Å². The number of H-pyrrole nitrogens is 1. The van der Waals surface area contributed by atoms with Crippen molar-refractivity contribution in [3.8, 4) is 0 Å². The van der Waals surface area contributed by atoms with Gasteiger partial charge in [-0.05, 0) is 44.6 Å². The fourth-order valence-electron chi connectivity index (χ4n) is 2.38. The Morgan fingerprint density at radius 2 is 2.13 bits per heavy atom. The first-order chi connectivity index (χ1) is 7.25. The van der Waals surface area contributed by atoms with Gasteiger partial charge in [-0.2, -0.15) is 5.10 Å². The molecule has 0 bridgehead atoms. The third-order valence-corrected chi connectivity index (χ3v) is 3.49. The number of rotatable bonds is 3. The minimum absolute atomic E-state index is 0.394. The second-order valence-corrected chi connectivity index (χ2v) is 4.86. The van der Waals surface area contributed by atoms with E-state index in [1.165, 1.54) is 31.4 Å². The summed E-state index contributed by atoms with van der Waals surface area (Å²) in [4.78, 5) is 0. The highest BCUT2D eigenvalue weighted by atomic mass is 15.1. The number of hydrogen-bond acceptors (Lipinski definition) is 2. The zero-order valence-corrected chi connectivity index (χ0v) is 9.66. The van der Waals surface area contributed by atoms with E-state index in [1.807, 2.05) is 12.3 Å². The fourth-order valence-corrected chi connectivity index (χ4v) is 2.38. The van der Waals surface area contributed by atoms with Crippen LogP contribution in [0.15, 0.2) is 12.3 Å². The fraction of sp³-hybridized carbons (Fsp3) is 0.750. The molecule has 0 spiro atoms. The Labute approximate surface area is 91.7 Å². The third kappa shape index (κ3) is 2.81. The maximum Gasteiger partial charge on any atom is 0.0518 e. The lowest BCUT2D eigenvalue weighted by Crippen LogP contribution is -2.34. The molecule has 0 radical (unpaired) electrons. The third-order valence-electron chi connectivity index (χ3n) is 3.49. The highest BCUT2D eigenvalue weighted by Crippen LogP contribution is 2.25. The van der Waals surface area contributed by atoms with Gasteiger partial charge in [0.2, 0.25) is 0 Å². The summed E-state index contributed by atoms with van der Waals surface area (Å²) >= 11 is 0. The molecule has 1 aromatic rings. The van der Waals surface area contributed by atoms with Crippen molar-refractivity contribution < 1.29 is 0 Å². The summed E-state index contributed by atoms with van der Waals surface area (Å²) < 4.78 is 0. The van der Waals surface area contributed by atoms with Crippen LogP contribution in [0.25, 0.3) is 0 Å². The molecule has 3 heteroatoms. The number of nitrogens with one attached hydrogen (secondary N) is 2. The van der Waals surface area contributed by atoms with Gasteiger partial charge in [0.05, 0.1) is 5.69 Å². The zero-order chi connectivity index (χ0) is 10.7. The van der Waals surface area contributed by atoms with Gasteiger partial charge >= 0.3 is 0 Å². The molecular weight excluding hydrogens is 186 g/mol. The smallest absolute Gasteiger partial charge is 0.0518 e. The van der Waals surface area contributed by atoms with E-state index in [9.17, 15) is 0 Å². The standard InChI is InChI=1S/C12H21N3/c1-9-3-5-11(6-4-9)14-10(2)12-7-8-13-15-12/h7-11,14H,3-6H2,1-2H3,(H,13,15). The first-order valence-electron chi connectivity index (χ1n) is 6.01. The monoisotopic (exact) mass is 207 g/mol. The van der Waals surface area contributed by atoms with Gasteiger partial charge in [0.25, 0.3) is 0 Å². The zero-order valence-electron chi connectivity index (χ0n) is 9.66. The van der Waals surface area contributed by atoms with Gasteiger partial charge in [-0.3, -0.25) is 5.10 Å². The van der Waals surface area contributed by atoms with Crippen LogP contribution in [0.5, 0.6) is 0 Å². The molecular formula is C12H21N3. The Hall–Kier alpha value is -0.830. The summed E-state index contributed by atoms with van der Waals surface area (Å²) in [6.07, 6.45) is 7.19. The molecule has 1 heterocycles. The van der Waals surface area contributed by atoms with E-state index in [1.54, 1.807) is 0 Å². The van der Waals surface area contributed by atoms with Gasteiger partial charge in [-0.25, -0.2) is 0 Å². The Kier molecular flexibility index (Phi) is 3.41. The normalized spacial score (nSPS) is 28.9. The number of aromatic amines is 1. The van der Waals surface area contributed by atoms with Crippen LogP contribution in [0.2, 0.25) is 0 Å². The predicted octanol–water partition coefficient (Wildman–Crippen LogP) is 2.64. The van der Waals surface area contributed by atoms with Crippen molar-refractivity contribution in [1.82, 2.24) is 15.5 Å². The highest BCUT2D eigenvalue weighted by molar-refractivity contribution is 5.03. The molecule has 1 saturated carbocycles. The Morgan fingerprint density at radius 3 is 2.73 bits per heavy atom. The van der Waals surface area contributed by atoms with Crippen LogP contribution in [-0.2, 0) is 0 Å². The van der Waals surface area contributed by atoms with Gasteiger partial charge in [0.1, 0.15) is 0 Å². The van der Waals surface area contributed by atoms with Crippen LogP contribution in [-0.4, -0.2) is 16.2 Å². The average Bonchev–Trinajstić information content (AvgIpc) is 2.74. The molecule has 1 aliphatic rings. The second kappa shape index (κ2) is 4.79. The molecule has 1 aromatic heterocycles. The number of nitrogens with zero attached hydrogens (tertiary/aromatic N) is 1. The van der Waals surface area contributed by atoms with Crippen molar-refractivity contribution in [2.24, 2.45) is 5.92 Å². The Balaban J connectivity index is 1.82. The van der Waals surface area contributed by atoms with E-state index in [2.05, 4.69) is 29.4 Å². The molecule has 15 heavy (non-hydrogen) atoms. The first-order valence-corrected chi connectivity index (χ1v) is 6.01. The van der Waals surface area contributed by atoms with Crippen molar-refractivity contribution in [3.63, 3.8) is 0 Å². The number of hydrogen-bond donors (Lipinski definition) is 2. The van der Waals surface area contributed by atoms with Crippen LogP contribution in [0, 0.1) is 5.92 Å². The van der Waals surface area contributed by atoms with Crippen LogP contribution >= 0.6 is 0 Å². The molecule has 1 atom stereocenters. The molecule has 2 N–H and O–H groups in total. The van der Waals surface area contributed by atoms with E-state index < -0.39 is 0 Å². The first kappa shape index (κ1) is 10.7. The van der Waals surface area contributed by atoms with Crippen LogP contribution in [0.3, 0.4) is 0 Å². The van der Waals surface area contributed by atoms with Crippen LogP contribution in [0.1, 0.15) is 51.3 Å². The van der Waals surface area contributed by atoms with Gasteiger partial charge < -0.3 is 5.32 Å². The van der Waals surface area contributed by atoms with Crippen molar-refractivity contribution >= 4 is 0 Å². The molecule has 0 amide bonds. The Morgan fingerprint density at radius 1 is 1.40 bits per heavy atom. The van der Waals surface area contributed by atoms with Crippen molar-refractivity contribution in [1.29, 1.82) is 0 Å². The average molecular weight is 207 g/mol. The topological polar surface area (TPSA) is 40.7 Å². The molecule has 84 valence electrons. The molecule has 0 aromatic carbocycles. The highest BCUT2D eigenvalue weighted by Gasteiger charge is 2.20. The van der Waals surface area contributed by atoms with Crippen molar-refractivity contribution in [2.75, 3.05) is 0 Å². The van der Waals surface area contributed by atoms with Gasteiger partial charge in [-0.1, -0.05) is 6.92 Å². The lowest BCUT2D eigenvalue weighted by atomic mass is 9.87. The summed E-state index contributed by atoms with van der Waals surface area (Å²) in [5.41, 5.74) is 1.19. The second-order valence-electron chi connectivity index (χ2n) is 4.86. The minimum Gasteiger partial charge on any atom is -0.306 e. The maximum atomic E-state index is 3.98. The lowest BCUT2D eigenvalue weighted by molar-refractivity contribution is 0.290. The van der Waals surface area contributed by atoms with E-state index in [-0.39, 0.29) is 0 Å². The lowest BCUT2D eigenvalue weighted by Gasteiger charge is -2.29. The van der Waals surface area contributed by atoms with E-state index in [4.69, 9.17) is 0 Å². The molecule has 1 fully saturated rings. The summed E-state index contributed by atoms with van der Waals surface area (Å²) in [7, 11) is 0. The van der Waals surface area contributed by atoms with E-state index in [0.717, 1.165) is 5.92 Å². The molecule has 1 unspecified atom stereocenters. The summed E-state index contributed by atoms with van der Waals surface area (Å²) in [5, 5.41) is 10.7. The summed E-state index contributed by atoms with van der Waals surface area (Å²) in [6, 6.07) is 3.13. The predicted molar refractivity (Wildman–Crippen MR) is 61.6 cm³/mol. The molecule has 1 aliphatic carbocycles. The molecule has 0 saturated heterocycles. The minimum atomic E-state index is 0.394. The summed E-state index contributed by atoms with van der Waals surface area (Å²) in [6.45, 7) is 4.56. The summed E-state index contributed by atoms with van der Waals surface area (Å²) in [5.74, 6) is 0.922. The van der Waals surface area contributed by atoms with E-state index in [0.29, 0.717) is 12.1 Å². The van der Waals surface area contributed by atoms with E-state index >= 15 is 0 Å². The van der Waals surface area contributed by atoms with Crippen LogP contribution < -0.4 is 5.32 Å². The number of aromatic nitrogens is 2.